The van der Waals surface area contributed by atoms with E-state index in [1.807, 2.05) is 0 Å². The molecule has 6 rings (SSSR count). The lowest BCUT2D eigenvalue weighted by atomic mass is 10.1. The lowest BCUT2D eigenvalue weighted by molar-refractivity contribution is 0.681. The maximum Gasteiger partial charge on any atom is 0.0751 e. The normalized spacial score (nSPS) is 19.0. The van der Waals surface area contributed by atoms with Crippen molar-refractivity contribution in [1.29, 1.82) is 0 Å². The van der Waals surface area contributed by atoms with E-state index in [4.69, 9.17) is 9.97 Å². The highest BCUT2D eigenvalue weighted by Gasteiger charge is 2.29. The SMILES string of the molecule is CN1c2ccccc2CC1c1cccc(Cc2cccc(C3Cc4ccccc4N3C)n2)n1. The average molecular weight is 433 g/mol. The average Bonchev–Trinajstić information content (AvgIpc) is 3.37. The number of hydrogen-bond acceptors (Lipinski definition) is 4. The van der Waals surface area contributed by atoms with Gasteiger partial charge in [0.15, 0.2) is 0 Å². The number of benzene rings is 2. The van der Waals surface area contributed by atoms with Crippen molar-refractivity contribution >= 4 is 11.4 Å². The fourth-order valence-electron chi connectivity index (χ4n) is 5.44. The monoisotopic (exact) mass is 432 g/mol. The molecule has 33 heavy (non-hydrogen) atoms. The van der Waals surface area contributed by atoms with Crippen molar-refractivity contribution in [3.8, 4) is 0 Å². The maximum absolute atomic E-state index is 5.07. The minimum absolute atomic E-state index is 0.285. The zero-order valence-electron chi connectivity index (χ0n) is 19.1. The summed E-state index contributed by atoms with van der Waals surface area (Å²) in [5.41, 5.74) is 9.83. The lowest BCUT2D eigenvalue weighted by Gasteiger charge is -2.23. The first kappa shape index (κ1) is 20.0. The molecule has 4 heteroatoms. The van der Waals surface area contributed by atoms with Gasteiger partial charge in [-0.25, -0.2) is 0 Å². The number of fused-ring (bicyclic) bond motifs is 2. The molecule has 2 unspecified atom stereocenters. The third kappa shape index (κ3) is 3.56. The van der Waals surface area contributed by atoms with Crippen LogP contribution in [0.1, 0.15) is 46.0 Å². The molecule has 2 aliphatic rings. The van der Waals surface area contributed by atoms with Crippen LogP contribution in [-0.2, 0) is 19.3 Å². The Hall–Kier alpha value is -3.66. The first-order chi connectivity index (χ1) is 16.2. The summed E-state index contributed by atoms with van der Waals surface area (Å²) in [7, 11) is 4.35. The Bertz CT molecular complexity index is 1210. The van der Waals surface area contributed by atoms with Crippen molar-refractivity contribution in [3.05, 3.63) is 119 Å². The van der Waals surface area contributed by atoms with Crippen LogP contribution in [0.15, 0.2) is 84.9 Å². The molecule has 0 saturated heterocycles. The molecule has 2 aromatic carbocycles. The van der Waals surface area contributed by atoms with Crippen LogP contribution in [-0.4, -0.2) is 24.1 Å². The highest BCUT2D eigenvalue weighted by atomic mass is 15.2. The number of nitrogens with zero attached hydrogens (tertiary/aromatic N) is 4. The molecule has 4 heterocycles. The predicted molar refractivity (Wildman–Crippen MR) is 134 cm³/mol. The molecule has 2 atom stereocenters. The van der Waals surface area contributed by atoms with Gasteiger partial charge in [0.05, 0.1) is 23.5 Å². The van der Waals surface area contributed by atoms with E-state index in [1.54, 1.807) is 0 Å². The van der Waals surface area contributed by atoms with Crippen LogP contribution in [0.5, 0.6) is 0 Å². The number of likely N-dealkylation sites (N-methyl/N-ethyl adjacent to an activating group) is 2. The third-order valence-electron chi connectivity index (χ3n) is 7.21. The van der Waals surface area contributed by atoms with Crippen LogP contribution in [0.25, 0.3) is 0 Å². The summed E-state index contributed by atoms with van der Waals surface area (Å²) in [5.74, 6) is 0. The van der Waals surface area contributed by atoms with E-state index in [0.29, 0.717) is 0 Å². The molecule has 0 N–H and O–H groups in total. The second-order valence-corrected chi connectivity index (χ2v) is 9.20. The minimum Gasteiger partial charge on any atom is -0.365 e. The number of para-hydroxylation sites is 2. The molecule has 4 nitrogen and oxygen atoms in total. The van der Waals surface area contributed by atoms with E-state index >= 15 is 0 Å². The summed E-state index contributed by atoms with van der Waals surface area (Å²) in [6, 6.07) is 30.7. The summed E-state index contributed by atoms with van der Waals surface area (Å²) >= 11 is 0. The molecule has 4 aromatic rings. The number of pyridine rings is 2. The van der Waals surface area contributed by atoms with E-state index in [9.17, 15) is 0 Å². The Morgan fingerprint density at radius 2 is 1.06 bits per heavy atom. The van der Waals surface area contributed by atoms with Crippen LogP contribution >= 0.6 is 0 Å². The van der Waals surface area contributed by atoms with Gasteiger partial charge < -0.3 is 9.80 Å². The van der Waals surface area contributed by atoms with Crippen molar-refractivity contribution in [2.75, 3.05) is 23.9 Å². The van der Waals surface area contributed by atoms with Gasteiger partial charge in [-0.15, -0.1) is 0 Å². The van der Waals surface area contributed by atoms with Crippen molar-refractivity contribution in [2.24, 2.45) is 0 Å². The fourth-order valence-corrected chi connectivity index (χ4v) is 5.44. The number of hydrogen-bond donors (Lipinski definition) is 0. The third-order valence-corrected chi connectivity index (χ3v) is 7.21. The summed E-state index contributed by atoms with van der Waals surface area (Å²) in [6.45, 7) is 0. The highest BCUT2D eigenvalue weighted by molar-refractivity contribution is 5.60. The van der Waals surface area contributed by atoms with Gasteiger partial charge in [-0.2, -0.15) is 0 Å². The minimum atomic E-state index is 0.285. The molecule has 0 aliphatic carbocycles. The summed E-state index contributed by atoms with van der Waals surface area (Å²) < 4.78 is 0. The second kappa shape index (κ2) is 8.04. The van der Waals surface area contributed by atoms with Crippen molar-refractivity contribution in [3.63, 3.8) is 0 Å². The molecule has 0 spiro atoms. The predicted octanol–water partition coefficient (Wildman–Crippen LogP) is 5.53. The van der Waals surface area contributed by atoms with Crippen LogP contribution in [0.3, 0.4) is 0 Å². The van der Waals surface area contributed by atoms with Gasteiger partial charge in [0.1, 0.15) is 0 Å². The van der Waals surface area contributed by atoms with Crippen LogP contribution in [0, 0.1) is 0 Å². The Morgan fingerprint density at radius 3 is 1.52 bits per heavy atom. The smallest absolute Gasteiger partial charge is 0.0751 e. The molecule has 0 fully saturated rings. The van der Waals surface area contributed by atoms with Crippen LogP contribution in [0.2, 0.25) is 0 Å². The molecular weight excluding hydrogens is 404 g/mol. The number of anilines is 2. The standard InChI is InChI=1S/C29H28N4/c1-32-26-15-5-3-9-20(26)17-28(32)24-13-7-11-22(30-24)19-23-12-8-14-25(31-23)29-18-21-10-4-6-16-27(21)33(29)2/h3-16,28-29H,17-19H2,1-2H3. The molecule has 2 aliphatic heterocycles. The topological polar surface area (TPSA) is 32.3 Å². The van der Waals surface area contributed by atoms with Crippen molar-refractivity contribution < 1.29 is 0 Å². The van der Waals surface area contributed by atoms with E-state index in [0.717, 1.165) is 42.0 Å². The number of rotatable bonds is 4. The van der Waals surface area contributed by atoms with Gasteiger partial charge in [0, 0.05) is 56.1 Å². The summed E-state index contributed by atoms with van der Waals surface area (Å²) in [6.07, 6.45) is 2.76. The Kier molecular flexibility index (Phi) is 4.87. The van der Waals surface area contributed by atoms with Crippen LogP contribution in [0.4, 0.5) is 11.4 Å². The molecule has 0 amide bonds. The van der Waals surface area contributed by atoms with Crippen LogP contribution < -0.4 is 9.80 Å². The molecule has 0 bridgehead atoms. The first-order valence-electron chi connectivity index (χ1n) is 11.7. The first-order valence-corrected chi connectivity index (χ1v) is 11.7. The van der Waals surface area contributed by atoms with E-state index in [-0.39, 0.29) is 12.1 Å². The van der Waals surface area contributed by atoms with Gasteiger partial charge in [-0.3, -0.25) is 9.97 Å². The van der Waals surface area contributed by atoms with Gasteiger partial charge in [0.2, 0.25) is 0 Å². The summed E-state index contributed by atoms with van der Waals surface area (Å²) in [4.78, 5) is 14.8. The van der Waals surface area contributed by atoms with Gasteiger partial charge in [-0.1, -0.05) is 48.5 Å². The van der Waals surface area contributed by atoms with E-state index in [1.165, 1.54) is 22.5 Å². The van der Waals surface area contributed by atoms with Gasteiger partial charge in [0.25, 0.3) is 0 Å². The highest BCUT2D eigenvalue weighted by Crippen LogP contribution is 2.39. The maximum atomic E-state index is 5.07. The van der Waals surface area contributed by atoms with Gasteiger partial charge >= 0.3 is 0 Å². The fraction of sp³-hybridized carbons (Fsp3) is 0.241. The Balaban J connectivity index is 1.23. The van der Waals surface area contributed by atoms with Gasteiger partial charge in [-0.05, 0) is 47.5 Å². The van der Waals surface area contributed by atoms with Crippen molar-refractivity contribution in [1.82, 2.24) is 9.97 Å². The zero-order valence-corrected chi connectivity index (χ0v) is 19.1. The Labute approximate surface area is 195 Å². The summed E-state index contributed by atoms with van der Waals surface area (Å²) in [5, 5.41) is 0. The molecular formula is C29H28N4. The quantitative estimate of drug-likeness (QED) is 0.424. The number of aromatic nitrogens is 2. The molecule has 0 saturated carbocycles. The lowest BCUT2D eigenvalue weighted by Crippen LogP contribution is -2.21. The second-order valence-electron chi connectivity index (χ2n) is 9.20. The van der Waals surface area contributed by atoms with E-state index in [2.05, 4.69) is 109 Å². The zero-order chi connectivity index (χ0) is 22.4. The van der Waals surface area contributed by atoms with E-state index < -0.39 is 0 Å². The molecule has 164 valence electrons. The van der Waals surface area contributed by atoms with Crippen molar-refractivity contribution in [2.45, 2.75) is 31.3 Å². The molecule has 2 aromatic heterocycles. The largest absolute Gasteiger partial charge is 0.365 e. The molecule has 0 radical (unpaired) electrons. The Morgan fingerprint density at radius 1 is 0.606 bits per heavy atom.